The first kappa shape index (κ1) is 14.0. The fraction of sp³-hybridized carbons (Fsp3) is 0.235. The summed E-state index contributed by atoms with van der Waals surface area (Å²) in [4.78, 5) is 4.69. The van der Waals surface area contributed by atoms with Crippen molar-refractivity contribution in [3.8, 4) is 10.6 Å². The predicted molar refractivity (Wildman–Crippen MR) is 90.0 cm³/mol. The molecule has 0 aliphatic heterocycles. The van der Waals surface area contributed by atoms with Crippen molar-refractivity contribution in [2.45, 2.75) is 20.0 Å². The maximum Gasteiger partial charge on any atom is 0.124 e. The first-order chi connectivity index (χ1) is 10.1. The number of hydrogen-bond acceptors (Lipinski definition) is 4. The normalized spacial score (nSPS) is 12.5. The molecule has 2 aromatic carbocycles. The van der Waals surface area contributed by atoms with Gasteiger partial charge in [-0.25, -0.2) is 4.98 Å². The number of hydrogen-bond donors (Lipinski definition) is 2. The van der Waals surface area contributed by atoms with E-state index in [1.54, 1.807) is 18.3 Å². The molecule has 2 N–H and O–H groups in total. The maximum absolute atomic E-state index is 9.28. The molecule has 0 spiro atoms. The Bertz CT molecular complexity index is 747. The molecule has 0 aliphatic carbocycles. The first-order valence-electron chi connectivity index (χ1n) is 7.01. The van der Waals surface area contributed by atoms with Crippen LogP contribution in [0.2, 0.25) is 0 Å². The van der Waals surface area contributed by atoms with Crippen LogP contribution in [-0.4, -0.2) is 22.7 Å². The van der Waals surface area contributed by atoms with Crippen molar-refractivity contribution in [3.05, 3.63) is 48.0 Å². The third-order valence-corrected chi connectivity index (χ3v) is 4.34. The zero-order chi connectivity index (χ0) is 14.8. The van der Waals surface area contributed by atoms with Crippen molar-refractivity contribution >= 4 is 27.2 Å². The van der Waals surface area contributed by atoms with Crippen LogP contribution in [0.25, 0.3) is 20.8 Å². The second kappa shape index (κ2) is 5.84. The summed E-state index contributed by atoms with van der Waals surface area (Å²) in [6.45, 7) is 4.42. The molecule has 0 saturated heterocycles. The summed E-state index contributed by atoms with van der Waals surface area (Å²) >= 11 is 1.72. The van der Waals surface area contributed by atoms with Crippen molar-refractivity contribution in [3.63, 3.8) is 0 Å². The second-order valence-electron chi connectivity index (χ2n) is 5.30. The first-order valence-corrected chi connectivity index (χ1v) is 7.83. The van der Waals surface area contributed by atoms with Crippen LogP contribution in [0.4, 0.5) is 5.69 Å². The number of aliphatic hydroxyl groups is 1. The van der Waals surface area contributed by atoms with Crippen LogP contribution in [0.1, 0.15) is 12.5 Å². The lowest BCUT2D eigenvalue weighted by Crippen LogP contribution is -2.15. The zero-order valence-corrected chi connectivity index (χ0v) is 12.9. The summed E-state index contributed by atoms with van der Waals surface area (Å²) in [7, 11) is 0. The lowest BCUT2D eigenvalue weighted by Gasteiger charge is -2.08. The molecule has 1 unspecified atom stereocenters. The van der Waals surface area contributed by atoms with Gasteiger partial charge in [0.1, 0.15) is 5.01 Å². The Morgan fingerprint density at radius 1 is 1.19 bits per heavy atom. The van der Waals surface area contributed by atoms with Crippen molar-refractivity contribution in [2.75, 3.05) is 11.9 Å². The maximum atomic E-state index is 9.28. The molecule has 0 fully saturated rings. The van der Waals surface area contributed by atoms with E-state index in [1.165, 1.54) is 10.3 Å². The standard InChI is InChI=1S/C17H18N2OS/c1-11-3-8-15-16(9-11)21-17(19-15)13-4-6-14(7-5-13)18-10-12(2)20/h3-9,12,18,20H,10H2,1-2H3. The zero-order valence-electron chi connectivity index (χ0n) is 12.1. The lowest BCUT2D eigenvalue weighted by molar-refractivity contribution is 0.208. The third-order valence-electron chi connectivity index (χ3n) is 3.28. The van der Waals surface area contributed by atoms with Gasteiger partial charge in [-0.15, -0.1) is 11.3 Å². The highest BCUT2D eigenvalue weighted by atomic mass is 32.1. The Hall–Kier alpha value is -1.91. The molecule has 0 aliphatic rings. The van der Waals surface area contributed by atoms with E-state index in [1.807, 2.05) is 12.1 Å². The van der Waals surface area contributed by atoms with Crippen molar-refractivity contribution in [1.82, 2.24) is 4.98 Å². The number of nitrogens with zero attached hydrogens (tertiary/aromatic N) is 1. The number of thiazole rings is 1. The van der Waals surface area contributed by atoms with Crippen molar-refractivity contribution < 1.29 is 5.11 Å². The van der Waals surface area contributed by atoms with Crippen LogP contribution in [0.3, 0.4) is 0 Å². The summed E-state index contributed by atoms with van der Waals surface area (Å²) in [5, 5.41) is 13.5. The molecule has 0 bridgehead atoms. The highest BCUT2D eigenvalue weighted by Crippen LogP contribution is 2.31. The van der Waals surface area contributed by atoms with Gasteiger partial charge in [0, 0.05) is 17.8 Å². The molecule has 3 aromatic rings. The average Bonchev–Trinajstić information content (AvgIpc) is 2.88. The van der Waals surface area contributed by atoms with Gasteiger partial charge in [0.05, 0.1) is 16.3 Å². The highest BCUT2D eigenvalue weighted by Gasteiger charge is 2.06. The van der Waals surface area contributed by atoms with Crippen molar-refractivity contribution in [1.29, 1.82) is 0 Å². The number of fused-ring (bicyclic) bond motifs is 1. The number of aliphatic hydroxyl groups excluding tert-OH is 1. The molecule has 1 aromatic heterocycles. The molecule has 1 atom stereocenters. The molecule has 3 rings (SSSR count). The summed E-state index contributed by atoms with van der Waals surface area (Å²) in [6.07, 6.45) is -0.350. The molecule has 0 radical (unpaired) electrons. The Balaban J connectivity index is 1.85. The van der Waals surface area contributed by atoms with Crippen LogP contribution in [0.15, 0.2) is 42.5 Å². The summed E-state index contributed by atoms with van der Waals surface area (Å²) in [6, 6.07) is 14.5. The molecule has 4 heteroatoms. The van der Waals surface area contributed by atoms with E-state index in [0.29, 0.717) is 6.54 Å². The highest BCUT2D eigenvalue weighted by molar-refractivity contribution is 7.21. The van der Waals surface area contributed by atoms with Crippen LogP contribution < -0.4 is 5.32 Å². The van der Waals surface area contributed by atoms with E-state index in [4.69, 9.17) is 0 Å². The molecule has 108 valence electrons. The Labute approximate surface area is 128 Å². The van der Waals surface area contributed by atoms with Crippen LogP contribution in [0, 0.1) is 6.92 Å². The van der Waals surface area contributed by atoms with Gasteiger partial charge in [-0.05, 0) is 55.8 Å². The average molecular weight is 298 g/mol. The minimum absolute atomic E-state index is 0.350. The Morgan fingerprint density at radius 3 is 2.67 bits per heavy atom. The van der Waals surface area contributed by atoms with E-state index < -0.39 is 0 Å². The van der Waals surface area contributed by atoms with Crippen LogP contribution in [0.5, 0.6) is 0 Å². The molecule has 1 heterocycles. The fourth-order valence-corrected chi connectivity index (χ4v) is 3.22. The van der Waals surface area contributed by atoms with Gasteiger partial charge in [0.15, 0.2) is 0 Å². The number of benzene rings is 2. The topological polar surface area (TPSA) is 45.2 Å². The smallest absolute Gasteiger partial charge is 0.124 e. The molecular formula is C17H18N2OS. The molecular weight excluding hydrogens is 280 g/mol. The number of aromatic nitrogens is 1. The predicted octanol–water partition coefficient (Wildman–Crippen LogP) is 4.06. The number of rotatable bonds is 4. The lowest BCUT2D eigenvalue weighted by atomic mass is 10.2. The van der Waals surface area contributed by atoms with Gasteiger partial charge in [0.2, 0.25) is 0 Å². The van der Waals surface area contributed by atoms with E-state index in [9.17, 15) is 5.11 Å². The molecule has 0 amide bonds. The third kappa shape index (κ3) is 3.23. The minimum atomic E-state index is -0.350. The van der Waals surface area contributed by atoms with E-state index in [-0.39, 0.29) is 6.10 Å². The van der Waals surface area contributed by atoms with Crippen LogP contribution >= 0.6 is 11.3 Å². The van der Waals surface area contributed by atoms with E-state index in [0.717, 1.165) is 21.8 Å². The van der Waals surface area contributed by atoms with Crippen LogP contribution in [-0.2, 0) is 0 Å². The van der Waals surface area contributed by atoms with Crippen molar-refractivity contribution in [2.24, 2.45) is 0 Å². The quantitative estimate of drug-likeness (QED) is 0.763. The van der Waals surface area contributed by atoms with Gasteiger partial charge >= 0.3 is 0 Å². The van der Waals surface area contributed by atoms with E-state index >= 15 is 0 Å². The Morgan fingerprint density at radius 2 is 1.95 bits per heavy atom. The van der Waals surface area contributed by atoms with Gasteiger partial charge in [-0.1, -0.05) is 6.07 Å². The van der Waals surface area contributed by atoms with Gasteiger partial charge in [0.25, 0.3) is 0 Å². The summed E-state index contributed by atoms with van der Waals surface area (Å²) in [5.74, 6) is 0. The second-order valence-corrected chi connectivity index (χ2v) is 6.33. The SMILES string of the molecule is Cc1ccc2nc(-c3ccc(NCC(C)O)cc3)sc2c1. The summed E-state index contributed by atoms with van der Waals surface area (Å²) < 4.78 is 1.22. The monoisotopic (exact) mass is 298 g/mol. The summed E-state index contributed by atoms with van der Waals surface area (Å²) in [5.41, 5.74) is 4.44. The van der Waals surface area contributed by atoms with Gasteiger partial charge in [-0.2, -0.15) is 0 Å². The number of aryl methyl sites for hydroxylation is 1. The number of anilines is 1. The fourth-order valence-electron chi connectivity index (χ4n) is 2.15. The largest absolute Gasteiger partial charge is 0.392 e. The van der Waals surface area contributed by atoms with Gasteiger partial charge in [-0.3, -0.25) is 0 Å². The molecule has 3 nitrogen and oxygen atoms in total. The van der Waals surface area contributed by atoms with Gasteiger partial charge < -0.3 is 10.4 Å². The minimum Gasteiger partial charge on any atom is -0.392 e. The Kier molecular flexibility index (Phi) is 3.90. The molecule has 0 saturated carbocycles. The van der Waals surface area contributed by atoms with E-state index in [2.05, 4.69) is 47.6 Å². The number of nitrogens with one attached hydrogen (secondary N) is 1. The molecule has 21 heavy (non-hydrogen) atoms.